The van der Waals surface area contributed by atoms with E-state index in [0.29, 0.717) is 0 Å². The quantitative estimate of drug-likeness (QED) is 0.821. The van der Waals surface area contributed by atoms with E-state index in [4.69, 9.17) is 4.74 Å². The smallest absolute Gasteiger partial charge is 0.137 e. The van der Waals surface area contributed by atoms with Gasteiger partial charge in [-0.25, -0.2) is 0 Å². The zero-order chi connectivity index (χ0) is 11.1. The van der Waals surface area contributed by atoms with Gasteiger partial charge < -0.3 is 9.84 Å². The van der Waals surface area contributed by atoms with Crippen LogP contribution in [0.5, 0.6) is 5.75 Å². The highest BCUT2D eigenvalue weighted by Crippen LogP contribution is 2.63. The van der Waals surface area contributed by atoms with Crippen LogP contribution >= 0.6 is 0 Å². The van der Waals surface area contributed by atoms with Crippen molar-refractivity contribution in [3.8, 4) is 5.75 Å². The molecule has 3 nitrogen and oxygen atoms in total. The van der Waals surface area contributed by atoms with Crippen molar-refractivity contribution >= 4 is 0 Å². The van der Waals surface area contributed by atoms with Crippen LogP contribution in [0.4, 0.5) is 0 Å². The number of nitrogens with zero attached hydrogens (tertiary/aromatic N) is 1. The molecule has 1 aliphatic rings. The fourth-order valence-corrected chi connectivity index (χ4v) is 2.36. The van der Waals surface area contributed by atoms with Gasteiger partial charge in [-0.15, -0.1) is 0 Å². The molecule has 1 aromatic heterocycles. The molecule has 0 bridgehead atoms. The third-order valence-corrected chi connectivity index (χ3v) is 3.69. The van der Waals surface area contributed by atoms with E-state index in [-0.39, 0.29) is 17.4 Å². The summed E-state index contributed by atoms with van der Waals surface area (Å²) in [5, 5.41) is 9.54. The largest absolute Gasteiger partial charge is 0.495 e. The van der Waals surface area contributed by atoms with Crippen LogP contribution in [0.1, 0.15) is 25.8 Å². The molecule has 0 amide bonds. The lowest BCUT2D eigenvalue weighted by atomic mass is 9.90. The first kappa shape index (κ1) is 10.4. The summed E-state index contributed by atoms with van der Waals surface area (Å²) in [7, 11) is 1.63. The van der Waals surface area contributed by atoms with E-state index in [0.717, 1.165) is 17.7 Å². The van der Waals surface area contributed by atoms with Gasteiger partial charge in [-0.05, 0) is 23.5 Å². The molecule has 1 heterocycles. The van der Waals surface area contributed by atoms with Crippen LogP contribution in [-0.2, 0) is 5.41 Å². The second kappa shape index (κ2) is 3.20. The van der Waals surface area contributed by atoms with E-state index >= 15 is 0 Å². The minimum Gasteiger partial charge on any atom is -0.495 e. The number of aliphatic hydroxyl groups excluding tert-OH is 1. The molecule has 1 fully saturated rings. The molecule has 1 aliphatic carbocycles. The summed E-state index contributed by atoms with van der Waals surface area (Å²) < 4.78 is 5.15. The third kappa shape index (κ3) is 1.42. The van der Waals surface area contributed by atoms with Gasteiger partial charge in [-0.1, -0.05) is 13.8 Å². The van der Waals surface area contributed by atoms with Gasteiger partial charge >= 0.3 is 0 Å². The minimum absolute atomic E-state index is 0.117. The van der Waals surface area contributed by atoms with E-state index in [1.807, 2.05) is 12.3 Å². The van der Waals surface area contributed by atoms with Crippen molar-refractivity contribution in [1.29, 1.82) is 0 Å². The second-order valence-electron chi connectivity index (χ2n) is 4.91. The van der Waals surface area contributed by atoms with Crippen LogP contribution < -0.4 is 4.74 Å². The van der Waals surface area contributed by atoms with Crippen LogP contribution in [0.3, 0.4) is 0 Å². The van der Waals surface area contributed by atoms with Gasteiger partial charge in [0.1, 0.15) is 5.75 Å². The molecule has 3 heteroatoms. The summed E-state index contributed by atoms with van der Waals surface area (Å²) in [6.45, 7) is 4.51. The summed E-state index contributed by atoms with van der Waals surface area (Å²) in [4.78, 5) is 4.14. The molecular formula is C12H17NO2. The normalized spacial score (nSPS) is 27.5. The lowest BCUT2D eigenvalue weighted by Gasteiger charge is -2.18. The summed E-state index contributed by atoms with van der Waals surface area (Å²) in [5.74, 6) is 0.753. The first-order valence-corrected chi connectivity index (χ1v) is 5.16. The van der Waals surface area contributed by atoms with Crippen LogP contribution in [0.2, 0.25) is 0 Å². The number of hydrogen-bond acceptors (Lipinski definition) is 3. The summed E-state index contributed by atoms with van der Waals surface area (Å²) in [5.41, 5.74) is 1.12. The van der Waals surface area contributed by atoms with Crippen molar-refractivity contribution in [3.63, 3.8) is 0 Å². The van der Waals surface area contributed by atoms with Crippen LogP contribution in [0.15, 0.2) is 18.5 Å². The van der Waals surface area contributed by atoms with Crippen LogP contribution in [-0.4, -0.2) is 23.8 Å². The Bertz CT molecular complexity index is 376. The lowest BCUT2D eigenvalue weighted by molar-refractivity contribution is 0.231. The van der Waals surface area contributed by atoms with E-state index in [1.165, 1.54) is 0 Å². The molecule has 2 rings (SSSR count). The van der Waals surface area contributed by atoms with Gasteiger partial charge in [0.2, 0.25) is 0 Å². The fourth-order valence-electron chi connectivity index (χ4n) is 2.36. The molecular weight excluding hydrogens is 190 g/mol. The number of aliphatic hydroxyl groups is 1. The highest BCUT2D eigenvalue weighted by atomic mass is 16.5. The molecule has 1 atom stereocenters. The Balaban J connectivity index is 2.37. The van der Waals surface area contributed by atoms with E-state index in [2.05, 4.69) is 18.8 Å². The average Bonchev–Trinajstić information content (AvgIpc) is 2.82. The molecule has 0 spiro atoms. The highest BCUT2D eigenvalue weighted by Gasteiger charge is 2.61. The summed E-state index contributed by atoms with van der Waals surface area (Å²) >= 11 is 0. The molecule has 0 aliphatic heterocycles. The van der Waals surface area contributed by atoms with Crippen molar-refractivity contribution in [1.82, 2.24) is 4.98 Å². The van der Waals surface area contributed by atoms with Crippen LogP contribution in [0.25, 0.3) is 0 Å². The summed E-state index contributed by atoms with van der Waals surface area (Å²) in [6.07, 6.45) is 4.52. The van der Waals surface area contributed by atoms with Crippen molar-refractivity contribution in [3.05, 3.63) is 24.0 Å². The van der Waals surface area contributed by atoms with E-state index in [9.17, 15) is 5.11 Å². The number of hydrogen-bond donors (Lipinski definition) is 1. The minimum atomic E-state index is -0.117. The maximum absolute atomic E-state index is 9.54. The van der Waals surface area contributed by atoms with Crippen molar-refractivity contribution < 1.29 is 9.84 Å². The lowest BCUT2D eigenvalue weighted by Crippen LogP contribution is -2.19. The van der Waals surface area contributed by atoms with E-state index in [1.54, 1.807) is 13.3 Å². The fraction of sp³-hybridized carbons (Fsp3) is 0.583. The predicted molar refractivity (Wildman–Crippen MR) is 58.0 cm³/mol. The van der Waals surface area contributed by atoms with Gasteiger partial charge in [0.15, 0.2) is 0 Å². The Morgan fingerprint density at radius 3 is 2.60 bits per heavy atom. The predicted octanol–water partition coefficient (Wildman–Crippen LogP) is 1.75. The molecule has 1 unspecified atom stereocenters. The topological polar surface area (TPSA) is 42.4 Å². The summed E-state index contributed by atoms with van der Waals surface area (Å²) in [6, 6.07) is 1.97. The van der Waals surface area contributed by atoms with Gasteiger partial charge in [0.25, 0.3) is 0 Å². The molecule has 1 aromatic rings. The molecule has 1 N–H and O–H groups in total. The highest BCUT2D eigenvalue weighted by molar-refractivity contribution is 5.39. The first-order valence-electron chi connectivity index (χ1n) is 5.16. The number of aromatic nitrogens is 1. The van der Waals surface area contributed by atoms with Gasteiger partial charge in [-0.3, -0.25) is 4.98 Å². The standard InChI is InChI=1S/C12H17NO2/c1-11(2)7-12(11,8-14)9-4-10(15-3)6-13-5-9/h4-6,14H,7-8H2,1-3H3. The molecule has 1 saturated carbocycles. The Kier molecular flexibility index (Phi) is 2.23. The second-order valence-corrected chi connectivity index (χ2v) is 4.91. The van der Waals surface area contributed by atoms with Gasteiger partial charge in [0, 0.05) is 11.6 Å². The number of pyridine rings is 1. The molecule has 0 aromatic carbocycles. The Morgan fingerprint density at radius 2 is 2.13 bits per heavy atom. The first-order chi connectivity index (χ1) is 7.05. The Labute approximate surface area is 90.1 Å². The molecule has 0 saturated heterocycles. The van der Waals surface area contributed by atoms with E-state index < -0.39 is 0 Å². The molecule has 0 radical (unpaired) electrons. The Morgan fingerprint density at radius 1 is 1.47 bits per heavy atom. The van der Waals surface area contributed by atoms with Crippen molar-refractivity contribution in [2.24, 2.45) is 5.41 Å². The van der Waals surface area contributed by atoms with Crippen LogP contribution in [0, 0.1) is 5.41 Å². The zero-order valence-corrected chi connectivity index (χ0v) is 9.45. The monoisotopic (exact) mass is 207 g/mol. The molecule has 82 valence electrons. The van der Waals surface area contributed by atoms with Gasteiger partial charge in [0.05, 0.1) is 19.9 Å². The maximum Gasteiger partial charge on any atom is 0.137 e. The SMILES string of the molecule is COc1cncc(C2(CO)CC2(C)C)c1. The van der Waals surface area contributed by atoms with Gasteiger partial charge in [-0.2, -0.15) is 0 Å². The number of rotatable bonds is 3. The average molecular weight is 207 g/mol. The number of methoxy groups -OCH3 is 1. The maximum atomic E-state index is 9.54. The van der Waals surface area contributed by atoms with Crippen molar-refractivity contribution in [2.75, 3.05) is 13.7 Å². The third-order valence-electron chi connectivity index (χ3n) is 3.69. The number of ether oxygens (including phenoxy) is 1. The Hall–Kier alpha value is -1.09. The van der Waals surface area contributed by atoms with Crippen molar-refractivity contribution in [2.45, 2.75) is 25.7 Å². The zero-order valence-electron chi connectivity index (χ0n) is 9.45. The molecule has 15 heavy (non-hydrogen) atoms.